The van der Waals surface area contributed by atoms with Crippen LogP contribution < -0.4 is 0 Å². The first-order chi connectivity index (χ1) is 8.25. The lowest BCUT2D eigenvalue weighted by Crippen LogP contribution is -1.98. The molecule has 0 aromatic carbocycles. The number of hydrogen-bond acceptors (Lipinski definition) is 6. The molecular formula is C9H5N5O2S. The van der Waals surface area contributed by atoms with Crippen molar-refractivity contribution >= 4 is 22.3 Å². The predicted octanol–water partition coefficient (Wildman–Crippen LogP) is 0.946. The number of hydrogen-bond donors (Lipinski definition) is 1. The van der Waals surface area contributed by atoms with Gasteiger partial charge in [-0.3, -0.25) is 4.98 Å². The molecule has 0 radical (unpaired) electrons. The van der Waals surface area contributed by atoms with E-state index in [0.29, 0.717) is 10.8 Å². The van der Waals surface area contributed by atoms with Gasteiger partial charge in [-0.1, -0.05) is 11.3 Å². The molecule has 3 rings (SSSR count). The number of aromatic carboxylic acids is 1. The molecule has 0 fully saturated rings. The minimum absolute atomic E-state index is 0.00907. The van der Waals surface area contributed by atoms with Gasteiger partial charge in [-0.2, -0.15) is 4.52 Å². The SMILES string of the molecule is O=C(O)c1nn2c(-c3ccncc3)nnc2s1. The number of carboxylic acid groups (broad SMARTS) is 1. The van der Waals surface area contributed by atoms with Crippen LogP contribution in [0.4, 0.5) is 0 Å². The Kier molecular flexibility index (Phi) is 2.08. The van der Waals surface area contributed by atoms with E-state index in [0.717, 1.165) is 16.9 Å². The van der Waals surface area contributed by atoms with E-state index in [1.54, 1.807) is 24.5 Å². The third kappa shape index (κ3) is 1.54. The average Bonchev–Trinajstić information content (AvgIpc) is 2.89. The molecule has 17 heavy (non-hydrogen) atoms. The maximum Gasteiger partial charge on any atom is 0.367 e. The van der Waals surface area contributed by atoms with Crippen molar-refractivity contribution in [2.75, 3.05) is 0 Å². The number of fused-ring (bicyclic) bond motifs is 1. The highest BCUT2D eigenvalue weighted by molar-refractivity contribution is 7.18. The molecule has 8 heteroatoms. The summed E-state index contributed by atoms with van der Waals surface area (Å²) in [5.41, 5.74) is 0.787. The third-order valence-electron chi connectivity index (χ3n) is 2.11. The highest BCUT2D eigenvalue weighted by Gasteiger charge is 2.16. The summed E-state index contributed by atoms with van der Waals surface area (Å²) < 4.78 is 1.42. The summed E-state index contributed by atoms with van der Waals surface area (Å²) >= 11 is 0.984. The summed E-state index contributed by atoms with van der Waals surface area (Å²) in [6.07, 6.45) is 3.25. The van der Waals surface area contributed by atoms with Gasteiger partial charge in [-0.15, -0.1) is 15.3 Å². The first-order valence-corrected chi connectivity index (χ1v) is 5.43. The Morgan fingerprint density at radius 3 is 2.76 bits per heavy atom. The van der Waals surface area contributed by atoms with Crippen LogP contribution >= 0.6 is 11.3 Å². The van der Waals surface area contributed by atoms with Gasteiger partial charge in [0.25, 0.3) is 0 Å². The molecule has 0 atom stereocenters. The summed E-state index contributed by atoms with van der Waals surface area (Å²) in [6.45, 7) is 0. The Balaban J connectivity index is 2.21. The van der Waals surface area contributed by atoms with Crippen molar-refractivity contribution in [3.63, 3.8) is 0 Å². The van der Waals surface area contributed by atoms with Gasteiger partial charge in [-0.25, -0.2) is 4.79 Å². The fourth-order valence-electron chi connectivity index (χ4n) is 1.38. The van der Waals surface area contributed by atoms with Gasteiger partial charge in [0.05, 0.1) is 0 Å². The van der Waals surface area contributed by atoms with Crippen LogP contribution in [-0.2, 0) is 0 Å². The Morgan fingerprint density at radius 1 is 1.29 bits per heavy atom. The summed E-state index contributed by atoms with van der Waals surface area (Å²) in [4.78, 5) is 15.1. The van der Waals surface area contributed by atoms with Crippen LogP contribution in [-0.4, -0.2) is 35.9 Å². The maximum atomic E-state index is 10.8. The van der Waals surface area contributed by atoms with Gasteiger partial charge in [0.1, 0.15) is 0 Å². The molecule has 7 nitrogen and oxygen atoms in total. The number of rotatable bonds is 2. The van der Waals surface area contributed by atoms with Gasteiger partial charge in [-0.05, 0) is 12.1 Å². The summed E-state index contributed by atoms with van der Waals surface area (Å²) in [5, 5.41) is 20.6. The van der Waals surface area contributed by atoms with Crippen molar-refractivity contribution < 1.29 is 9.90 Å². The standard InChI is InChI=1S/C9H5N5O2S/c15-8(16)7-13-14-6(11-12-9(14)17-7)5-1-3-10-4-2-5/h1-4H,(H,15,16). The Morgan fingerprint density at radius 2 is 2.06 bits per heavy atom. The van der Waals surface area contributed by atoms with E-state index in [4.69, 9.17) is 5.11 Å². The molecule has 3 aromatic heterocycles. The number of carbonyl (C=O) groups is 1. The van der Waals surface area contributed by atoms with Crippen LogP contribution in [0, 0.1) is 0 Å². The number of aromatic nitrogens is 5. The zero-order valence-corrected chi connectivity index (χ0v) is 9.13. The number of pyridine rings is 1. The van der Waals surface area contributed by atoms with Crippen LogP contribution in [0.15, 0.2) is 24.5 Å². The van der Waals surface area contributed by atoms with Gasteiger partial charge in [0.15, 0.2) is 5.82 Å². The zero-order valence-electron chi connectivity index (χ0n) is 8.31. The Hall–Kier alpha value is -2.35. The van der Waals surface area contributed by atoms with Gasteiger partial charge >= 0.3 is 5.97 Å². The Bertz CT molecular complexity index is 690. The first kappa shape index (κ1) is 9.85. The van der Waals surface area contributed by atoms with E-state index in [-0.39, 0.29) is 5.01 Å². The normalized spacial score (nSPS) is 10.8. The molecule has 0 saturated heterocycles. The highest BCUT2D eigenvalue weighted by Crippen LogP contribution is 2.20. The molecule has 0 aliphatic carbocycles. The average molecular weight is 247 g/mol. The largest absolute Gasteiger partial charge is 0.476 e. The predicted molar refractivity (Wildman–Crippen MR) is 58.8 cm³/mol. The highest BCUT2D eigenvalue weighted by atomic mass is 32.1. The molecule has 0 amide bonds. The van der Waals surface area contributed by atoms with Crippen molar-refractivity contribution in [3.05, 3.63) is 29.5 Å². The zero-order chi connectivity index (χ0) is 11.8. The molecule has 0 aliphatic heterocycles. The maximum absolute atomic E-state index is 10.8. The van der Waals surface area contributed by atoms with Crippen molar-refractivity contribution in [2.45, 2.75) is 0 Å². The third-order valence-corrected chi connectivity index (χ3v) is 3.00. The molecular weight excluding hydrogens is 242 g/mol. The molecule has 3 aromatic rings. The molecule has 1 N–H and O–H groups in total. The lowest BCUT2D eigenvalue weighted by atomic mass is 10.2. The fourth-order valence-corrected chi connectivity index (χ4v) is 2.06. The summed E-state index contributed by atoms with van der Waals surface area (Å²) in [5.74, 6) is -0.563. The lowest BCUT2D eigenvalue weighted by molar-refractivity contribution is 0.0695. The van der Waals surface area contributed by atoms with E-state index in [2.05, 4.69) is 20.3 Å². The molecule has 0 aliphatic rings. The number of nitrogens with zero attached hydrogens (tertiary/aromatic N) is 5. The minimum Gasteiger partial charge on any atom is -0.476 e. The lowest BCUT2D eigenvalue weighted by Gasteiger charge is -1.94. The van der Waals surface area contributed by atoms with Gasteiger partial charge < -0.3 is 5.11 Å². The molecule has 84 valence electrons. The van der Waals surface area contributed by atoms with Crippen molar-refractivity contribution in [2.24, 2.45) is 0 Å². The fraction of sp³-hybridized carbons (Fsp3) is 0. The Labute approximate surface area is 98.4 Å². The summed E-state index contributed by atoms with van der Waals surface area (Å²) in [7, 11) is 0. The van der Waals surface area contributed by atoms with E-state index >= 15 is 0 Å². The second kappa shape index (κ2) is 3.59. The molecule has 0 saturated carbocycles. The quantitative estimate of drug-likeness (QED) is 0.724. The van der Waals surface area contributed by atoms with Gasteiger partial charge in [0, 0.05) is 18.0 Å². The second-order valence-electron chi connectivity index (χ2n) is 3.17. The van der Waals surface area contributed by atoms with E-state index in [9.17, 15) is 4.79 Å². The van der Waals surface area contributed by atoms with Crippen molar-refractivity contribution in [1.82, 2.24) is 24.8 Å². The van der Waals surface area contributed by atoms with Crippen LogP contribution in [0.25, 0.3) is 16.3 Å². The van der Waals surface area contributed by atoms with Crippen LogP contribution in [0.3, 0.4) is 0 Å². The van der Waals surface area contributed by atoms with Crippen LogP contribution in [0.5, 0.6) is 0 Å². The number of carboxylic acids is 1. The van der Waals surface area contributed by atoms with Crippen LogP contribution in [0.1, 0.15) is 9.80 Å². The molecule has 0 unspecified atom stereocenters. The second-order valence-corrected chi connectivity index (χ2v) is 4.12. The molecule has 3 heterocycles. The topological polar surface area (TPSA) is 93.3 Å². The van der Waals surface area contributed by atoms with E-state index < -0.39 is 5.97 Å². The molecule has 0 bridgehead atoms. The van der Waals surface area contributed by atoms with E-state index in [1.807, 2.05) is 0 Å². The smallest absolute Gasteiger partial charge is 0.367 e. The van der Waals surface area contributed by atoms with Crippen molar-refractivity contribution in [1.29, 1.82) is 0 Å². The van der Waals surface area contributed by atoms with E-state index in [1.165, 1.54) is 4.52 Å². The summed E-state index contributed by atoms with van der Waals surface area (Å²) in [6, 6.07) is 3.52. The van der Waals surface area contributed by atoms with Crippen molar-refractivity contribution in [3.8, 4) is 11.4 Å². The van der Waals surface area contributed by atoms with Gasteiger partial charge in [0.2, 0.25) is 9.97 Å². The minimum atomic E-state index is -1.07. The van der Waals surface area contributed by atoms with Crippen LogP contribution in [0.2, 0.25) is 0 Å². The molecule has 0 spiro atoms. The first-order valence-electron chi connectivity index (χ1n) is 4.61. The monoisotopic (exact) mass is 247 g/mol.